The van der Waals surface area contributed by atoms with Crippen LogP contribution in [-0.2, 0) is 12.7 Å². The average Bonchev–Trinajstić information content (AvgIpc) is 3.35. The number of benzene rings is 1. The average molecular weight is 542 g/mol. The Hall–Kier alpha value is -3.27. The molecule has 210 valence electrons. The van der Waals surface area contributed by atoms with Gasteiger partial charge in [0.15, 0.2) is 0 Å². The number of nitrogens with zero attached hydrogens (tertiary/aromatic N) is 4. The molecule has 7 nitrogen and oxygen atoms in total. The van der Waals surface area contributed by atoms with Gasteiger partial charge in [-0.2, -0.15) is 18.3 Å². The van der Waals surface area contributed by atoms with Crippen molar-refractivity contribution in [3.63, 3.8) is 0 Å². The highest BCUT2D eigenvalue weighted by Crippen LogP contribution is 2.42. The largest absolute Gasteiger partial charge is 0.433 e. The maximum atomic E-state index is 13.9. The molecule has 2 fully saturated rings. The molecule has 1 aromatic carbocycles. The quantitative estimate of drug-likeness (QED) is 0.220. The molecule has 0 amide bonds. The maximum Gasteiger partial charge on any atom is 0.433 e. The van der Waals surface area contributed by atoms with Crippen LogP contribution >= 0.6 is 0 Å². The van der Waals surface area contributed by atoms with Crippen molar-refractivity contribution in [2.45, 2.75) is 71.0 Å². The number of aromatic amines is 1. The predicted molar refractivity (Wildman–Crippen MR) is 149 cm³/mol. The first-order valence-corrected chi connectivity index (χ1v) is 13.9. The second kappa shape index (κ2) is 12.3. The number of fused-ring (bicyclic) bond motifs is 1. The Morgan fingerprint density at radius 2 is 1.87 bits per heavy atom. The van der Waals surface area contributed by atoms with E-state index in [9.17, 15) is 13.2 Å². The molecule has 1 saturated carbocycles. The number of hydrogen-bond donors (Lipinski definition) is 3. The molecule has 2 aliphatic rings. The summed E-state index contributed by atoms with van der Waals surface area (Å²) in [6, 6.07) is 8.70. The Labute approximate surface area is 227 Å². The van der Waals surface area contributed by atoms with Gasteiger partial charge in [0.2, 0.25) is 0 Å². The molecule has 3 N–H and O–H groups in total. The summed E-state index contributed by atoms with van der Waals surface area (Å²) in [7, 11) is 1.70. The van der Waals surface area contributed by atoms with Crippen molar-refractivity contribution in [3.05, 3.63) is 47.3 Å². The Morgan fingerprint density at radius 3 is 2.49 bits per heavy atom. The van der Waals surface area contributed by atoms with E-state index in [1.165, 1.54) is 4.90 Å². The number of pyridine rings is 1. The topological polar surface area (TPSA) is 95.8 Å². The maximum absolute atomic E-state index is 13.9. The molecule has 2 aromatic heterocycles. The fourth-order valence-electron chi connectivity index (χ4n) is 5.49. The van der Waals surface area contributed by atoms with E-state index in [1.807, 2.05) is 38.1 Å². The molecule has 1 atom stereocenters. The van der Waals surface area contributed by atoms with Gasteiger partial charge >= 0.3 is 6.18 Å². The van der Waals surface area contributed by atoms with Gasteiger partial charge in [-0.25, -0.2) is 4.98 Å². The van der Waals surface area contributed by atoms with Gasteiger partial charge < -0.3 is 4.90 Å². The van der Waals surface area contributed by atoms with Crippen LogP contribution in [0.1, 0.15) is 75.2 Å². The molecule has 3 heterocycles. The number of rotatable bonds is 7. The number of piperidine rings is 1. The zero-order chi connectivity index (χ0) is 28.2. The molecule has 0 spiro atoms. The van der Waals surface area contributed by atoms with Gasteiger partial charge in [0.1, 0.15) is 17.2 Å². The number of likely N-dealkylation sites (N-methyl/N-ethyl adjacent to an activating group) is 1. The molecule has 1 aliphatic carbocycles. The summed E-state index contributed by atoms with van der Waals surface area (Å²) in [6.07, 6.45) is 2.91. The van der Waals surface area contributed by atoms with Crippen LogP contribution in [0.2, 0.25) is 0 Å². The van der Waals surface area contributed by atoms with Crippen molar-refractivity contribution in [3.8, 4) is 11.3 Å². The molecular formula is C29H38F3N7. The lowest BCUT2D eigenvalue weighted by Crippen LogP contribution is -2.36. The van der Waals surface area contributed by atoms with Crippen molar-refractivity contribution in [2.24, 2.45) is 5.92 Å². The molecule has 0 radical (unpaired) electrons. The van der Waals surface area contributed by atoms with E-state index in [0.29, 0.717) is 46.2 Å². The van der Waals surface area contributed by atoms with Crippen LogP contribution in [-0.4, -0.2) is 57.3 Å². The summed E-state index contributed by atoms with van der Waals surface area (Å²) in [5.41, 5.74) is 2.04. The van der Waals surface area contributed by atoms with Crippen molar-refractivity contribution in [1.29, 1.82) is 10.8 Å². The highest BCUT2D eigenvalue weighted by molar-refractivity contribution is 5.96. The Kier molecular flexibility index (Phi) is 9.04. The van der Waals surface area contributed by atoms with Gasteiger partial charge in [-0.1, -0.05) is 44.9 Å². The lowest BCUT2D eigenvalue weighted by molar-refractivity contribution is -0.141. The minimum Gasteiger partial charge on any atom is -0.324 e. The van der Waals surface area contributed by atoms with Crippen LogP contribution in [0, 0.1) is 16.7 Å². The molecule has 3 aromatic rings. The summed E-state index contributed by atoms with van der Waals surface area (Å²) in [4.78, 5) is 7.68. The molecule has 39 heavy (non-hydrogen) atoms. The van der Waals surface area contributed by atoms with Crippen LogP contribution in [0.5, 0.6) is 0 Å². The number of alkyl halides is 3. The first-order valence-electron chi connectivity index (χ1n) is 13.9. The standard InChI is InChI=1S/C27H32F3N7.C2H6/c1-36(16-31)26(32)23(17-7-5-8-17)18-9-6-10-19(13-18)24-20-14-22(27(28,29)30)33-21(25(20)35-34-24)15-37-11-3-2-4-12-37;1-2/h6,9-10,13-14,16-17,23,31-32H,2-5,7-8,11-12,15H2,1H3,(H,34,35);1-2H3. The lowest BCUT2D eigenvalue weighted by Gasteiger charge is -2.36. The van der Waals surface area contributed by atoms with Crippen molar-refractivity contribution in [1.82, 2.24) is 25.0 Å². The summed E-state index contributed by atoms with van der Waals surface area (Å²) in [5.74, 6) is 0.460. The first kappa shape index (κ1) is 28.7. The Morgan fingerprint density at radius 1 is 1.15 bits per heavy atom. The van der Waals surface area contributed by atoms with Crippen molar-refractivity contribution >= 4 is 23.1 Å². The van der Waals surface area contributed by atoms with E-state index < -0.39 is 11.9 Å². The predicted octanol–water partition coefficient (Wildman–Crippen LogP) is 7.06. The smallest absolute Gasteiger partial charge is 0.324 e. The number of nitrogens with one attached hydrogen (secondary N) is 3. The Bertz CT molecular complexity index is 1290. The number of aromatic nitrogens is 3. The van der Waals surface area contributed by atoms with Gasteiger partial charge in [0, 0.05) is 30.5 Å². The van der Waals surface area contributed by atoms with Gasteiger partial charge in [0.25, 0.3) is 0 Å². The second-order valence-corrected chi connectivity index (χ2v) is 10.2. The third kappa shape index (κ3) is 6.16. The molecule has 0 bridgehead atoms. The van der Waals surface area contributed by atoms with Gasteiger partial charge in [-0.05, 0) is 62.4 Å². The van der Waals surface area contributed by atoms with E-state index in [1.54, 1.807) is 7.05 Å². The molecule has 10 heteroatoms. The summed E-state index contributed by atoms with van der Waals surface area (Å²) < 4.78 is 41.6. The zero-order valence-electron chi connectivity index (χ0n) is 22.9. The number of amidine groups is 1. The number of halogens is 3. The minimum absolute atomic E-state index is 0.187. The van der Waals surface area contributed by atoms with Crippen LogP contribution < -0.4 is 0 Å². The van der Waals surface area contributed by atoms with E-state index >= 15 is 0 Å². The monoisotopic (exact) mass is 541 g/mol. The van der Waals surface area contributed by atoms with Crippen LogP contribution in [0.3, 0.4) is 0 Å². The van der Waals surface area contributed by atoms with Gasteiger partial charge in [-0.15, -0.1) is 0 Å². The van der Waals surface area contributed by atoms with E-state index in [0.717, 1.165) is 69.6 Å². The van der Waals surface area contributed by atoms with Crippen LogP contribution in [0.25, 0.3) is 22.2 Å². The molecule has 5 rings (SSSR count). The Balaban J connectivity index is 0.00000172. The molecule has 1 aliphatic heterocycles. The normalized spacial score (nSPS) is 17.2. The third-order valence-corrected chi connectivity index (χ3v) is 7.75. The number of H-pyrrole nitrogens is 1. The van der Waals surface area contributed by atoms with Crippen molar-refractivity contribution < 1.29 is 13.2 Å². The fourth-order valence-corrected chi connectivity index (χ4v) is 5.49. The number of likely N-dealkylation sites (tertiary alicyclic amines) is 1. The SMILES string of the molecule is CC.CN(C=N)C(=N)C(c1cccc(-c2n[nH]c3c(CN4CCCCC4)nc(C(F)(F)F)cc23)c1)C1CCC1. The summed E-state index contributed by atoms with van der Waals surface area (Å²) in [6.45, 7) is 6.04. The third-order valence-electron chi connectivity index (χ3n) is 7.75. The zero-order valence-corrected chi connectivity index (χ0v) is 22.9. The van der Waals surface area contributed by atoms with Gasteiger partial charge in [0.05, 0.1) is 17.5 Å². The summed E-state index contributed by atoms with van der Waals surface area (Å²) >= 11 is 0. The second-order valence-electron chi connectivity index (χ2n) is 10.2. The van der Waals surface area contributed by atoms with E-state index in [2.05, 4.69) is 20.1 Å². The number of hydrogen-bond acceptors (Lipinski definition) is 5. The molecule has 1 unspecified atom stereocenters. The fraction of sp³-hybridized carbons (Fsp3) is 0.517. The highest BCUT2D eigenvalue weighted by atomic mass is 19.4. The van der Waals surface area contributed by atoms with Crippen LogP contribution in [0.15, 0.2) is 30.3 Å². The van der Waals surface area contributed by atoms with Gasteiger partial charge in [-0.3, -0.25) is 20.8 Å². The molecular weight excluding hydrogens is 503 g/mol. The van der Waals surface area contributed by atoms with E-state index in [-0.39, 0.29) is 5.92 Å². The van der Waals surface area contributed by atoms with E-state index in [4.69, 9.17) is 10.8 Å². The van der Waals surface area contributed by atoms with Crippen molar-refractivity contribution in [2.75, 3.05) is 20.1 Å². The lowest BCUT2D eigenvalue weighted by atomic mass is 9.72. The molecule has 1 saturated heterocycles. The van der Waals surface area contributed by atoms with Crippen LogP contribution in [0.4, 0.5) is 13.2 Å². The first-order chi connectivity index (χ1) is 18.8. The summed E-state index contributed by atoms with van der Waals surface area (Å²) in [5, 5.41) is 24.1. The minimum atomic E-state index is -4.57. The highest BCUT2D eigenvalue weighted by Gasteiger charge is 2.35.